The van der Waals surface area contributed by atoms with Crippen LogP contribution in [0.2, 0.25) is 0 Å². The predicted octanol–water partition coefficient (Wildman–Crippen LogP) is 4.27. The molecule has 0 bridgehead atoms. The third-order valence-electron chi connectivity index (χ3n) is 4.38. The number of hydrogen-bond acceptors (Lipinski definition) is 5. The lowest BCUT2D eigenvalue weighted by Crippen LogP contribution is -2.23. The minimum atomic E-state index is -0.972. The Kier molecular flexibility index (Phi) is 5.45. The predicted molar refractivity (Wildman–Crippen MR) is 90.8 cm³/mol. The number of hydrogen-bond donors (Lipinski definition) is 0. The van der Waals surface area contributed by atoms with E-state index in [4.69, 9.17) is 9.47 Å². The number of esters is 1. The molecular formula is C18H22FNO5. The second kappa shape index (κ2) is 7.21. The summed E-state index contributed by atoms with van der Waals surface area (Å²) in [6.45, 7) is 6.05. The first-order valence-electron chi connectivity index (χ1n) is 8.11. The third-order valence-corrected chi connectivity index (χ3v) is 4.38. The molecule has 1 aromatic carbocycles. The van der Waals surface area contributed by atoms with Crippen molar-refractivity contribution in [3.8, 4) is 5.75 Å². The maximum absolute atomic E-state index is 13.9. The molecule has 7 heteroatoms. The van der Waals surface area contributed by atoms with Crippen molar-refractivity contribution in [3.63, 3.8) is 0 Å². The van der Waals surface area contributed by atoms with Crippen LogP contribution in [0, 0.1) is 21.3 Å². The maximum Gasteiger partial charge on any atom is 0.334 e. The quantitative estimate of drug-likeness (QED) is 0.450. The van der Waals surface area contributed by atoms with E-state index < -0.39 is 22.4 Å². The average Bonchev–Trinajstić information content (AvgIpc) is 2.54. The number of nitro benzene ring substituents is 1. The molecule has 0 radical (unpaired) electrons. The molecule has 25 heavy (non-hydrogen) atoms. The minimum absolute atomic E-state index is 0.0925. The van der Waals surface area contributed by atoms with Gasteiger partial charge in [0, 0.05) is 23.3 Å². The molecule has 0 atom stereocenters. The monoisotopic (exact) mass is 351 g/mol. The van der Waals surface area contributed by atoms with E-state index in [1.54, 1.807) is 6.92 Å². The lowest BCUT2D eigenvalue weighted by molar-refractivity contribution is -0.387. The van der Waals surface area contributed by atoms with Crippen LogP contribution < -0.4 is 4.74 Å². The summed E-state index contributed by atoms with van der Waals surface area (Å²) < 4.78 is 24.3. The fraction of sp³-hybridized carbons (Fsp3) is 0.500. The van der Waals surface area contributed by atoms with E-state index in [0.29, 0.717) is 29.6 Å². The van der Waals surface area contributed by atoms with Gasteiger partial charge in [-0.05, 0) is 37.2 Å². The highest BCUT2D eigenvalue weighted by atomic mass is 19.1. The summed E-state index contributed by atoms with van der Waals surface area (Å²) >= 11 is 0. The zero-order valence-electron chi connectivity index (χ0n) is 14.8. The number of allylic oxidation sites excluding steroid dienone is 1. The van der Waals surface area contributed by atoms with Gasteiger partial charge in [0.1, 0.15) is 5.75 Å². The van der Waals surface area contributed by atoms with E-state index in [2.05, 4.69) is 0 Å². The first kappa shape index (κ1) is 18.9. The van der Waals surface area contributed by atoms with Crippen LogP contribution in [0.15, 0.2) is 17.7 Å². The Labute approximate surface area is 145 Å². The Morgan fingerprint density at radius 1 is 1.40 bits per heavy atom. The number of carbonyl (C=O) groups excluding carboxylic acids is 1. The average molecular weight is 351 g/mol. The van der Waals surface area contributed by atoms with Crippen LogP contribution in [-0.2, 0) is 9.53 Å². The molecular weight excluding hydrogens is 329 g/mol. The molecule has 0 saturated heterocycles. The fourth-order valence-corrected chi connectivity index (χ4v) is 3.09. The van der Waals surface area contributed by atoms with Crippen LogP contribution in [0.1, 0.15) is 45.6 Å². The van der Waals surface area contributed by atoms with Gasteiger partial charge < -0.3 is 9.47 Å². The van der Waals surface area contributed by atoms with Crippen molar-refractivity contribution in [2.45, 2.75) is 40.0 Å². The number of carbonyl (C=O) groups is 1. The van der Waals surface area contributed by atoms with Gasteiger partial charge in [-0.25, -0.2) is 4.79 Å². The standard InChI is InChI=1S/C18H22FNO5/c1-5-25-17(21)13-10-18(2,3)7-6-11(13)12-8-15(20(22)23)14(19)9-16(12)24-4/h8-9H,5-7,10H2,1-4H3. The molecule has 0 fully saturated rings. The summed E-state index contributed by atoms with van der Waals surface area (Å²) in [5.74, 6) is -1.25. The second-order valence-corrected chi connectivity index (χ2v) is 6.78. The summed E-state index contributed by atoms with van der Waals surface area (Å²) in [5.41, 5.74) is 0.727. The van der Waals surface area contributed by atoms with Crippen molar-refractivity contribution >= 4 is 17.2 Å². The molecule has 0 aromatic heterocycles. The van der Waals surface area contributed by atoms with Crippen molar-refractivity contribution in [3.05, 3.63) is 39.2 Å². The van der Waals surface area contributed by atoms with Crippen LogP contribution in [0.4, 0.5) is 10.1 Å². The molecule has 136 valence electrons. The number of ether oxygens (including phenoxy) is 2. The topological polar surface area (TPSA) is 78.7 Å². The molecule has 0 spiro atoms. The summed E-state index contributed by atoms with van der Waals surface area (Å²) in [7, 11) is 1.36. The molecule has 6 nitrogen and oxygen atoms in total. The summed E-state index contributed by atoms with van der Waals surface area (Å²) in [5, 5.41) is 11.1. The van der Waals surface area contributed by atoms with Gasteiger partial charge >= 0.3 is 11.7 Å². The Morgan fingerprint density at radius 2 is 2.08 bits per heavy atom. The van der Waals surface area contributed by atoms with E-state index >= 15 is 0 Å². The highest BCUT2D eigenvalue weighted by Gasteiger charge is 2.33. The smallest absolute Gasteiger partial charge is 0.334 e. The SMILES string of the molecule is CCOC(=O)C1=C(c2cc([N+](=O)[O-])c(F)cc2OC)CCC(C)(C)C1. The number of benzene rings is 1. The van der Waals surface area contributed by atoms with Gasteiger partial charge in [0.15, 0.2) is 0 Å². The summed E-state index contributed by atoms with van der Waals surface area (Å²) in [4.78, 5) is 22.7. The highest BCUT2D eigenvalue weighted by Crippen LogP contribution is 2.45. The first-order valence-corrected chi connectivity index (χ1v) is 8.11. The molecule has 1 aliphatic rings. The number of nitro groups is 1. The zero-order chi connectivity index (χ0) is 18.8. The minimum Gasteiger partial charge on any atom is -0.496 e. The molecule has 1 aliphatic carbocycles. The van der Waals surface area contributed by atoms with Crippen LogP contribution >= 0.6 is 0 Å². The van der Waals surface area contributed by atoms with Crippen molar-refractivity contribution in [2.24, 2.45) is 5.41 Å². The molecule has 2 rings (SSSR count). The van der Waals surface area contributed by atoms with Crippen LogP contribution in [0.3, 0.4) is 0 Å². The number of halogens is 1. The van der Waals surface area contributed by atoms with E-state index in [9.17, 15) is 19.3 Å². The van der Waals surface area contributed by atoms with Gasteiger partial charge in [-0.2, -0.15) is 4.39 Å². The molecule has 1 aromatic rings. The number of methoxy groups -OCH3 is 1. The van der Waals surface area contributed by atoms with Gasteiger partial charge in [-0.3, -0.25) is 10.1 Å². The largest absolute Gasteiger partial charge is 0.496 e. The lowest BCUT2D eigenvalue weighted by atomic mass is 9.72. The highest BCUT2D eigenvalue weighted by molar-refractivity contribution is 5.99. The van der Waals surface area contributed by atoms with Gasteiger partial charge in [-0.15, -0.1) is 0 Å². The molecule has 0 unspecified atom stereocenters. The first-order chi connectivity index (χ1) is 11.7. The van der Waals surface area contributed by atoms with Crippen LogP contribution in [-0.4, -0.2) is 24.6 Å². The van der Waals surface area contributed by atoms with Gasteiger partial charge in [-0.1, -0.05) is 13.8 Å². The summed E-state index contributed by atoms with van der Waals surface area (Å²) in [6.07, 6.45) is 1.80. The van der Waals surface area contributed by atoms with Crippen LogP contribution in [0.25, 0.3) is 5.57 Å². The maximum atomic E-state index is 13.9. The fourth-order valence-electron chi connectivity index (χ4n) is 3.09. The van der Waals surface area contributed by atoms with Gasteiger partial charge in [0.2, 0.25) is 5.82 Å². The van der Waals surface area contributed by atoms with Crippen molar-refractivity contribution in [1.29, 1.82) is 0 Å². The zero-order valence-corrected chi connectivity index (χ0v) is 14.8. The number of rotatable bonds is 5. The number of nitrogens with zero attached hydrogens (tertiary/aromatic N) is 1. The Balaban J connectivity index is 2.68. The Hall–Kier alpha value is -2.44. The third kappa shape index (κ3) is 3.97. The Bertz CT molecular complexity index is 739. The van der Waals surface area contributed by atoms with Crippen molar-refractivity contribution < 1.29 is 23.6 Å². The van der Waals surface area contributed by atoms with Gasteiger partial charge in [0.25, 0.3) is 0 Å². The molecule has 0 amide bonds. The molecule has 0 heterocycles. The van der Waals surface area contributed by atoms with E-state index in [0.717, 1.165) is 18.6 Å². The lowest BCUT2D eigenvalue weighted by Gasteiger charge is -2.32. The molecule has 0 N–H and O–H groups in total. The second-order valence-electron chi connectivity index (χ2n) is 6.78. The van der Waals surface area contributed by atoms with Crippen molar-refractivity contribution in [2.75, 3.05) is 13.7 Å². The van der Waals surface area contributed by atoms with Crippen LogP contribution in [0.5, 0.6) is 5.75 Å². The van der Waals surface area contributed by atoms with Gasteiger partial charge in [0.05, 0.1) is 18.6 Å². The van der Waals surface area contributed by atoms with Crippen molar-refractivity contribution in [1.82, 2.24) is 0 Å². The van der Waals surface area contributed by atoms with E-state index in [1.165, 1.54) is 7.11 Å². The molecule has 0 saturated carbocycles. The van der Waals surface area contributed by atoms with E-state index in [1.807, 2.05) is 13.8 Å². The summed E-state index contributed by atoms with van der Waals surface area (Å²) in [6, 6.07) is 2.13. The normalized spacial score (nSPS) is 16.5. The van der Waals surface area contributed by atoms with E-state index in [-0.39, 0.29) is 17.8 Å². The Morgan fingerprint density at radius 3 is 2.64 bits per heavy atom. The molecule has 0 aliphatic heterocycles.